The number of anilines is 1. The minimum atomic E-state index is -0.359. The van der Waals surface area contributed by atoms with Gasteiger partial charge in [-0.15, -0.1) is 0 Å². The fourth-order valence-corrected chi connectivity index (χ4v) is 2.92. The van der Waals surface area contributed by atoms with E-state index in [-0.39, 0.29) is 11.9 Å². The zero-order valence-electron chi connectivity index (χ0n) is 15.4. The van der Waals surface area contributed by atoms with Crippen molar-refractivity contribution in [3.63, 3.8) is 0 Å². The molecule has 2 aromatic carbocycles. The summed E-state index contributed by atoms with van der Waals surface area (Å²) in [7, 11) is 0. The van der Waals surface area contributed by atoms with Crippen molar-refractivity contribution < 1.29 is 18.7 Å². The monoisotopic (exact) mass is 441 g/mol. The maximum absolute atomic E-state index is 12.1. The van der Waals surface area contributed by atoms with E-state index >= 15 is 0 Å². The molecule has 0 spiro atoms. The lowest BCUT2D eigenvalue weighted by Gasteiger charge is -2.05. The number of esters is 1. The lowest BCUT2D eigenvalue weighted by Crippen LogP contribution is -2.09. The Morgan fingerprint density at radius 3 is 2.68 bits per heavy atom. The number of carbonyl (C=O) groups is 2. The van der Waals surface area contributed by atoms with Crippen molar-refractivity contribution in [3.05, 3.63) is 70.4 Å². The summed E-state index contributed by atoms with van der Waals surface area (Å²) in [6.07, 6.45) is 4.83. The van der Waals surface area contributed by atoms with Crippen LogP contribution in [0.25, 0.3) is 17.0 Å². The molecule has 0 bridgehead atoms. The molecule has 5 nitrogen and oxygen atoms in total. The number of amides is 1. The summed E-state index contributed by atoms with van der Waals surface area (Å²) < 4.78 is 11.8. The van der Waals surface area contributed by atoms with Gasteiger partial charge in [0.15, 0.2) is 0 Å². The molecule has 0 saturated carbocycles. The molecule has 0 aliphatic heterocycles. The summed E-state index contributed by atoms with van der Waals surface area (Å²) >= 11 is 3.42. The van der Waals surface area contributed by atoms with Gasteiger partial charge in [-0.3, -0.25) is 4.79 Å². The fourth-order valence-electron chi connectivity index (χ4n) is 2.54. The van der Waals surface area contributed by atoms with Gasteiger partial charge in [-0.1, -0.05) is 29.3 Å². The van der Waals surface area contributed by atoms with E-state index in [0.29, 0.717) is 23.6 Å². The van der Waals surface area contributed by atoms with Crippen molar-refractivity contribution >= 4 is 50.5 Å². The number of rotatable bonds is 7. The van der Waals surface area contributed by atoms with Crippen molar-refractivity contribution in [2.45, 2.75) is 19.8 Å². The first-order chi connectivity index (χ1) is 13.5. The number of unbranched alkanes of at least 4 members (excludes halogenated alkanes) is 1. The summed E-state index contributed by atoms with van der Waals surface area (Å²) in [6, 6.07) is 14.2. The Morgan fingerprint density at radius 1 is 1.14 bits per heavy atom. The molecular weight excluding hydrogens is 422 g/mol. The van der Waals surface area contributed by atoms with Crippen LogP contribution >= 0.6 is 15.9 Å². The fraction of sp³-hybridized carbons (Fsp3) is 0.182. The zero-order valence-corrected chi connectivity index (χ0v) is 17.0. The largest absolute Gasteiger partial charge is 0.462 e. The van der Waals surface area contributed by atoms with Gasteiger partial charge in [0.25, 0.3) is 0 Å². The summed E-state index contributed by atoms with van der Waals surface area (Å²) in [4.78, 5) is 24.0. The van der Waals surface area contributed by atoms with Gasteiger partial charge in [0, 0.05) is 21.6 Å². The number of carbonyl (C=O) groups excluding carboxylic acids is 2. The second kappa shape index (κ2) is 9.37. The zero-order chi connectivity index (χ0) is 19.9. The molecule has 1 heterocycles. The maximum Gasteiger partial charge on any atom is 0.338 e. The quantitative estimate of drug-likeness (QED) is 0.285. The van der Waals surface area contributed by atoms with Crippen LogP contribution in [0.15, 0.2) is 63.5 Å². The Balaban J connectivity index is 1.57. The molecule has 0 atom stereocenters. The highest BCUT2D eigenvalue weighted by Crippen LogP contribution is 2.24. The number of furan rings is 1. The van der Waals surface area contributed by atoms with Crippen LogP contribution in [-0.4, -0.2) is 18.5 Å². The van der Waals surface area contributed by atoms with Crippen LogP contribution < -0.4 is 5.32 Å². The second-order valence-electron chi connectivity index (χ2n) is 6.22. The molecule has 3 rings (SSSR count). The minimum absolute atomic E-state index is 0.292. The minimum Gasteiger partial charge on any atom is -0.462 e. The number of ether oxygens (including phenoxy) is 1. The normalized spacial score (nSPS) is 11.1. The van der Waals surface area contributed by atoms with Crippen molar-refractivity contribution in [2.24, 2.45) is 0 Å². The van der Waals surface area contributed by atoms with E-state index in [1.165, 1.54) is 6.08 Å². The van der Waals surface area contributed by atoms with Crippen LogP contribution in [0.1, 0.15) is 35.9 Å². The summed E-state index contributed by atoms with van der Waals surface area (Å²) in [5.74, 6) is -0.0592. The Morgan fingerprint density at radius 2 is 1.93 bits per heavy atom. The SMILES string of the molecule is CCCCOC(=O)c1ccc(NC(=O)/C=C/c2cc3cc(Br)ccc3o2)cc1. The number of hydrogen-bond acceptors (Lipinski definition) is 4. The standard InChI is InChI=1S/C22H20BrNO4/c1-2-3-12-27-22(26)15-4-7-18(8-5-15)24-21(25)11-9-19-14-16-13-17(23)6-10-20(16)28-19/h4-11,13-14H,2-3,12H2,1H3,(H,24,25)/b11-9+. The van der Waals surface area contributed by atoms with Crippen LogP contribution in [0.2, 0.25) is 0 Å². The van der Waals surface area contributed by atoms with Gasteiger partial charge in [-0.25, -0.2) is 4.79 Å². The number of halogens is 1. The molecule has 28 heavy (non-hydrogen) atoms. The first kappa shape index (κ1) is 19.9. The van der Waals surface area contributed by atoms with Crippen LogP contribution in [0, 0.1) is 0 Å². The van der Waals surface area contributed by atoms with Gasteiger partial charge in [0.05, 0.1) is 12.2 Å². The Hall–Kier alpha value is -2.86. The van der Waals surface area contributed by atoms with E-state index in [0.717, 1.165) is 28.3 Å². The van der Waals surface area contributed by atoms with Gasteiger partial charge in [0.2, 0.25) is 5.91 Å². The molecule has 0 saturated heterocycles. The first-order valence-electron chi connectivity index (χ1n) is 9.00. The third-order valence-corrected chi connectivity index (χ3v) is 4.51. The number of fused-ring (bicyclic) bond motifs is 1. The third-order valence-electron chi connectivity index (χ3n) is 4.02. The molecule has 0 unspecified atom stereocenters. The molecule has 1 N–H and O–H groups in total. The van der Waals surface area contributed by atoms with Crippen LogP contribution in [0.4, 0.5) is 5.69 Å². The van der Waals surface area contributed by atoms with E-state index in [9.17, 15) is 9.59 Å². The van der Waals surface area contributed by atoms with Crippen LogP contribution in [0.3, 0.4) is 0 Å². The Kier molecular flexibility index (Phi) is 6.66. The van der Waals surface area contributed by atoms with Gasteiger partial charge in [-0.2, -0.15) is 0 Å². The van der Waals surface area contributed by atoms with Gasteiger partial charge < -0.3 is 14.5 Å². The average Bonchev–Trinajstić information content (AvgIpc) is 3.09. The van der Waals surface area contributed by atoms with Crippen molar-refractivity contribution in [3.8, 4) is 0 Å². The van der Waals surface area contributed by atoms with Crippen molar-refractivity contribution in [1.29, 1.82) is 0 Å². The number of hydrogen-bond donors (Lipinski definition) is 1. The summed E-state index contributed by atoms with van der Waals surface area (Å²) in [5.41, 5.74) is 1.80. The van der Waals surface area contributed by atoms with Gasteiger partial charge in [-0.05, 0) is 61.0 Å². The summed E-state index contributed by atoms with van der Waals surface area (Å²) in [6.45, 7) is 2.45. The molecule has 0 aliphatic carbocycles. The molecule has 0 radical (unpaired) electrons. The van der Waals surface area contributed by atoms with Gasteiger partial charge >= 0.3 is 5.97 Å². The predicted octanol–water partition coefficient (Wildman–Crippen LogP) is 5.80. The van der Waals surface area contributed by atoms with E-state index < -0.39 is 0 Å². The van der Waals surface area contributed by atoms with E-state index in [4.69, 9.17) is 9.15 Å². The Labute approximate surface area is 171 Å². The molecule has 6 heteroatoms. The van der Waals surface area contributed by atoms with Crippen LogP contribution in [0.5, 0.6) is 0 Å². The molecule has 1 aromatic heterocycles. The number of nitrogens with one attached hydrogen (secondary N) is 1. The molecule has 0 fully saturated rings. The summed E-state index contributed by atoms with van der Waals surface area (Å²) in [5, 5.41) is 3.70. The van der Waals surface area contributed by atoms with E-state index in [1.54, 1.807) is 30.3 Å². The topological polar surface area (TPSA) is 68.5 Å². The highest BCUT2D eigenvalue weighted by Gasteiger charge is 2.07. The lowest BCUT2D eigenvalue weighted by molar-refractivity contribution is -0.111. The third kappa shape index (κ3) is 5.33. The first-order valence-corrected chi connectivity index (χ1v) is 9.80. The van der Waals surface area contributed by atoms with Gasteiger partial charge in [0.1, 0.15) is 11.3 Å². The second-order valence-corrected chi connectivity index (χ2v) is 7.14. The van der Waals surface area contributed by atoms with Crippen molar-refractivity contribution in [1.82, 2.24) is 0 Å². The van der Waals surface area contributed by atoms with E-state index in [2.05, 4.69) is 21.2 Å². The number of benzene rings is 2. The molecule has 1 amide bonds. The molecular formula is C22H20BrNO4. The molecule has 0 aliphatic rings. The lowest BCUT2D eigenvalue weighted by atomic mass is 10.2. The highest BCUT2D eigenvalue weighted by molar-refractivity contribution is 9.10. The highest BCUT2D eigenvalue weighted by atomic mass is 79.9. The predicted molar refractivity (Wildman–Crippen MR) is 113 cm³/mol. The average molecular weight is 442 g/mol. The molecule has 144 valence electrons. The van der Waals surface area contributed by atoms with Crippen LogP contribution in [-0.2, 0) is 9.53 Å². The van der Waals surface area contributed by atoms with Crippen molar-refractivity contribution in [2.75, 3.05) is 11.9 Å². The van der Waals surface area contributed by atoms with E-state index in [1.807, 2.05) is 31.2 Å². The smallest absolute Gasteiger partial charge is 0.338 e. The molecule has 3 aromatic rings. The maximum atomic E-state index is 12.1. The Bertz CT molecular complexity index is 1010.